The lowest BCUT2D eigenvalue weighted by Crippen LogP contribution is -2.08. The Hall–Kier alpha value is -2.07. The van der Waals surface area contributed by atoms with Gasteiger partial charge in [0.25, 0.3) is 0 Å². The molecule has 0 aliphatic heterocycles. The second kappa shape index (κ2) is 7.47. The van der Waals surface area contributed by atoms with Gasteiger partial charge in [-0.25, -0.2) is 0 Å². The van der Waals surface area contributed by atoms with Crippen LogP contribution >= 0.6 is 11.6 Å². The van der Waals surface area contributed by atoms with E-state index >= 15 is 0 Å². The van der Waals surface area contributed by atoms with Crippen LogP contribution < -0.4 is 5.32 Å². The number of anilines is 1. The number of nitrogens with zero attached hydrogens (tertiary/aromatic N) is 2. The van der Waals surface area contributed by atoms with Crippen molar-refractivity contribution >= 4 is 29.3 Å². The van der Waals surface area contributed by atoms with Gasteiger partial charge in [0.15, 0.2) is 0 Å². The lowest BCUT2D eigenvalue weighted by atomic mass is 10.2. The van der Waals surface area contributed by atoms with E-state index in [4.69, 9.17) is 11.6 Å². The summed E-state index contributed by atoms with van der Waals surface area (Å²) in [5.74, 6) is 0.263. The van der Waals surface area contributed by atoms with Crippen LogP contribution in [0.25, 0.3) is 6.08 Å². The topological polar surface area (TPSA) is 46.9 Å². The molecule has 23 heavy (non-hydrogen) atoms. The molecular weight excluding hydrogens is 310 g/mol. The number of aryl methyl sites for hydroxylation is 2. The molecule has 1 heterocycles. The molecule has 0 saturated heterocycles. The zero-order chi connectivity index (χ0) is 17.0. The number of carbonyl (C=O) groups excluding carboxylic acids is 1. The van der Waals surface area contributed by atoms with Crippen molar-refractivity contribution < 1.29 is 4.79 Å². The number of nitrogens with one attached hydrogen (secondary N) is 1. The molecule has 0 fully saturated rings. The minimum Gasteiger partial charge on any atom is -0.322 e. The highest BCUT2D eigenvalue weighted by molar-refractivity contribution is 6.31. The van der Waals surface area contributed by atoms with Crippen LogP contribution in [0.1, 0.15) is 30.7 Å². The van der Waals surface area contributed by atoms with Gasteiger partial charge in [-0.1, -0.05) is 43.6 Å². The van der Waals surface area contributed by atoms with Crippen molar-refractivity contribution in [3.63, 3.8) is 0 Å². The van der Waals surface area contributed by atoms with Gasteiger partial charge in [-0.05, 0) is 37.5 Å². The number of rotatable bonds is 5. The molecule has 122 valence electrons. The Morgan fingerprint density at radius 3 is 2.70 bits per heavy atom. The first-order chi connectivity index (χ1) is 10.9. The second-order valence-corrected chi connectivity index (χ2v) is 6.36. The number of benzene rings is 1. The number of carbonyl (C=O) groups is 1. The summed E-state index contributed by atoms with van der Waals surface area (Å²) in [5, 5.41) is 7.86. The Morgan fingerprint density at radius 1 is 1.35 bits per heavy atom. The van der Waals surface area contributed by atoms with E-state index < -0.39 is 0 Å². The number of amides is 1. The third-order valence-corrected chi connectivity index (χ3v) is 3.85. The summed E-state index contributed by atoms with van der Waals surface area (Å²) in [6, 6.07) is 7.66. The van der Waals surface area contributed by atoms with Crippen molar-refractivity contribution in [2.45, 2.75) is 34.2 Å². The quantitative estimate of drug-likeness (QED) is 0.822. The average Bonchev–Trinajstić information content (AvgIpc) is 2.73. The zero-order valence-corrected chi connectivity index (χ0v) is 14.7. The largest absolute Gasteiger partial charge is 0.322 e. The van der Waals surface area contributed by atoms with Crippen molar-refractivity contribution in [2.24, 2.45) is 5.92 Å². The highest BCUT2D eigenvalue weighted by Crippen LogP contribution is 2.22. The van der Waals surface area contributed by atoms with Gasteiger partial charge in [0, 0.05) is 23.9 Å². The molecule has 0 unspecified atom stereocenters. The van der Waals surface area contributed by atoms with Crippen LogP contribution in [0.3, 0.4) is 0 Å². The van der Waals surface area contributed by atoms with Gasteiger partial charge in [-0.3, -0.25) is 9.48 Å². The molecule has 0 saturated carbocycles. The smallest absolute Gasteiger partial charge is 0.248 e. The summed E-state index contributed by atoms with van der Waals surface area (Å²) >= 11 is 6.36. The van der Waals surface area contributed by atoms with Crippen LogP contribution in [0.5, 0.6) is 0 Å². The molecule has 1 N–H and O–H groups in total. The highest BCUT2D eigenvalue weighted by atomic mass is 35.5. The minimum absolute atomic E-state index is 0.189. The Balaban J connectivity index is 2.12. The van der Waals surface area contributed by atoms with Gasteiger partial charge in [-0.15, -0.1) is 0 Å². The van der Waals surface area contributed by atoms with Crippen molar-refractivity contribution in [3.05, 3.63) is 52.3 Å². The van der Waals surface area contributed by atoms with Crippen molar-refractivity contribution in [3.8, 4) is 0 Å². The summed E-state index contributed by atoms with van der Waals surface area (Å²) in [4.78, 5) is 12.1. The first-order valence-electron chi connectivity index (χ1n) is 7.66. The lowest BCUT2D eigenvalue weighted by Gasteiger charge is -2.06. The van der Waals surface area contributed by atoms with E-state index in [0.717, 1.165) is 29.1 Å². The highest BCUT2D eigenvalue weighted by Gasteiger charge is 2.12. The van der Waals surface area contributed by atoms with Gasteiger partial charge >= 0.3 is 0 Å². The number of para-hydroxylation sites is 1. The molecule has 0 aliphatic rings. The summed E-state index contributed by atoms with van der Waals surface area (Å²) in [7, 11) is 0. The van der Waals surface area contributed by atoms with E-state index in [2.05, 4.69) is 24.3 Å². The monoisotopic (exact) mass is 331 g/mol. The summed E-state index contributed by atoms with van der Waals surface area (Å²) in [5.41, 5.74) is 3.43. The summed E-state index contributed by atoms with van der Waals surface area (Å²) in [6.45, 7) is 8.82. The van der Waals surface area contributed by atoms with Gasteiger partial charge < -0.3 is 5.32 Å². The number of hydrogen-bond donors (Lipinski definition) is 1. The molecule has 1 amide bonds. The van der Waals surface area contributed by atoms with E-state index in [0.29, 0.717) is 11.1 Å². The fraction of sp³-hybridized carbons (Fsp3) is 0.333. The Morgan fingerprint density at radius 2 is 2.04 bits per heavy atom. The Labute approximate surface area is 142 Å². The number of hydrogen-bond acceptors (Lipinski definition) is 2. The summed E-state index contributed by atoms with van der Waals surface area (Å²) in [6.07, 6.45) is 3.21. The SMILES string of the molecule is Cc1ccccc1NC(=O)C=Cc1c(C)nn(CC(C)C)c1Cl. The Bertz CT molecular complexity index is 732. The molecule has 0 atom stereocenters. The second-order valence-electron chi connectivity index (χ2n) is 6.00. The van der Waals surface area contributed by atoms with Crippen molar-refractivity contribution in [2.75, 3.05) is 5.32 Å². The predicted molar refractivity (Wildman–Crippen MR) is 95.7 cm³/mol. The molecule has 0 spiro atoms. The molecule has 5 heteroatoms. The Kier molecular flexibility index (Phi) is 5.61. The maximum atomic E-state index is 12.1. The van der Waals surface area contributed by atoms with E-state index in [1.54, 1.807) is 10.8 Å². The maximum absolute atomic E-state index is 12.1. The van der Waals surface area contributed by atoms with Crippen LogP contribution in [-0.2, 0) is 11.3 Å². The zero-order valence-electron chi connectivity index (χ0n) is 13.9. The third kappa shape index (κ3) is 4.45. The first-order valence-corrected chi connectivity index (χ1v) is 8.04. The molecular formula is C18H22ClN3O. The summed E-state index contributed by atoms with van der Waals surface area (Å²) < 4.78 is 1.78. The van der Waals surface area contributed by atoms with E-state index in [1.807, 2.05) is 38.1 Å². The van der Waals surface area contributed by atoms with Crippen LogP contribution in [0.4, 0.5) is 5.69 Å². The molecule has 2 rings (SSSR count). The van der Waals surface area contributed by atoms with Crippen LogP contribution in [0.2, 0.25) is 5.15 Å². The lowest BCUT2D eigenvalue weighted by molar-refractivity contribution is -0.111. The molecule has 4 nitrogen and oxygen atoms in total. The average molecular weight is 332 g/mol. The minimum atomic E-state index is -0.189. The van der Waals surface area contributed by atoms with Gasteiger partial charge in [0.2, 0.25) is 5.91 Å². The van der Waals surface area contributed by atoms with Crippen LogP contribution in [0.15, 0.2) is 30.3 Å². The van der Waals surface area contributed by atoms with E-state index in [9.17, 15) is 4.79 Å². The molecule has 0 aliphatic carbocycles. The van der Waals surface area contributed by atoms with E-state index in [1.165, 1.54) is 6.08 Å². The standard InChI is InChI=1S/C18H22ClN3O/c1-12(2)11-22-18(19)15(14(4)21-22)9-10-17(23)20-16-8-6-5-7-13(16)3/h5-10,12H,11H2,1-4H3,(H,20,23). The normalized spacial score (nSPS) is 11.4. The third-order valence-electron chi connectivity index (χ3n) is 3.45. The molecule has 2 aromatic rings. The van der Waals surface area contributed by atoms with E-state index in [-0.39, 0.29) is 5.91 Å². The van der Waals surface area contributed by atoms with Crippen molar-refractivity contribution in [1.29, 1.82) is 0 Å². The van der Waals surface area contributed by atoms with Gasteiger partial charge in [0.1, 0.15) is 5.15 Å². The predicted octanol–water partition coefficient (Wildman–Crippen LogP) is 4.46. The van der Waals surface area contributed by atoms with Crippen LogP contribution in [-0.4, -0.2) is 15.7 Å². The number of aromatic nitrogens is 2. The molecule has 0 radical (unpaired) electrons. The molecule has 1 aromatic heterocycles. The van der Waals surface area contributed by atoms with Crippen molar-refractivity contribution in [1.82, 2.24) is 9.78 Å². The first kappa shape index (κ1) is 17.3. The molecule has 0 bridgehead atoms. The van der Waals surface area contributed by atoms with Gasteiger partial charge in [0.05, 0.1) is 5.69 Å². The number of halogens is 1. The molecule has 1 aromatic carbocycles. The van der Waals surface area contributed by atoms with Crippen LogP contribution in [0, 0.1) is 19.8 Å². The maximum Gasteiger partial charge on any atom is 0.248 e. The fourth-order valence-electron chi connectivity index (χ4n) is 2.27. The van der Waals surface area contributed by atoms with Gasteiger partial charge in [-0.2, -0.15) is 5.10 Å². The fourth-order valence-corrected chi connectivity index (χ4v) is 2.58.